The van der Waals surface area contributed by atoms with Gasteiger partial charge in [-0.05, 0) is 61.9 Å². The van der Waals surface area contributed by atoms with Gasteiger partial charge in [0.25, 0.3) is 0 Å². The Hall–Kier alpha value is -1.66. The van der Waals surface area contributed by atoms with Gasteiger partial charge in [-0.1, -0.05) is 13.3 Å². The van der Waals surface area contributed by atoms with Gasteiger partial charge in [-0.25, -0.2) is 13.4 Å². The fourth-order valence-electron chi connectivity index (χ4n) is 3.92. The summed E-state index contributed by atoms with van der Waals surface area (Å²) in [7, 11) is -3.40. The van der Waals surface area contributed by atoms with E-state index in [0.717, 1.165) is 55.0 Å². The van der Waals surface area contributed by atoms with Crippen LogP contribution >= 0.6 is 0 Å². The molecule has 4 rings (SSSR count). The van der Waals surface area contributed by atoms with Crippen molar-refractivity contribution >= 4 is 26.7 Å². The van der Waals surface area contributed by atoms with Crippen LogP contribution in [0.25, 0.3) is 10.9 Å². The molecule has 0 spiro atoms. The molecule has 0 atom stereocenters. The third-order valence-electron chi connectivity index (χ3n) is 5.71. The first-order chi connectivity index (χ1) is 12.5. The lowest BCUT2D eigenvalue weighted by Gasteiger charge is -2.31. The van der Waals surface area contributed by atoms with Gasteiger partial charge in [-0.15, -0.1) is 0 Å². The molecular weight excluding hydrogens is 346 g/mol. The van der Waals surface area contributed by atoms with Crippen molar-refractivity contribution in [1.29, 1.82) is 0 Å². The summed E-state index contributed by atoms with van der Waals surface area (Å²) in [5, 5.41) is 0.886. The van der Waals surface area contributed by atoms with Gasteiger partial charge in [0.1, 0.15) is 5.82 Å². The van der Waals surface area contributed by atoms with Crippen molar-refractivity contribution in [1.82, 2.24) is 9.29 Å². The topological polar surface area (TPSA) is 53.5 Å². The van der Waals surface area contributed by atoms with Gasteiger partial charge in [-0.2, -0.15) is 4.31 Å². The van der Waals surface area contributed by atoms with Crippen molar-refractivity contribution in [2.45, 2.75) is 43.9 Å². The number of piperidine rings is 2. The maximum Gasteiger partial charge on any atom is 0.243 e. The Labute approximate surface area is 156 Å². The summed E-state index contributed by atoms with van der Waals surface area (Å²) in [5.41, 5.74) is 0.860. The number of sulfonamides is 1. The van der Waals surface area contributed by atoms with Crippen molar-refractivity contribution in [2.75, 3.05) is 31.1 Å². The van der Waals surface area contributed by atoms with E-state index in [0.29, 0.717) is 18.0 Å². The SMILES string of the molecule is CC1CCN(c2ccc3cc(S(=O)(=O)N4CCCCC4)ccc3n2)CC1. The molecule has 0 unspecified atom stereocenters. The molecule has 2 aromatic rings. The minimum atomic E-state index is -3.40. The molecule has 26 heavy (non-hydrogen) atoms. The molecule has 0 bridgehead atoms. The second-order valence-corrected chi connectivity index (χ2v) is 9.60. The molecule has 0 radical (unpaired) electrons. The first-order valence-corrected chi connectivity index (χ1v) is 11.1. The van der Waals surface area contributed by atoms with Crippen LogP contribution in [-0.4, -0.2) is 43.9 Å². The van der Waals surface area contributed by atoms with Gasteiger partial charge in [0.15, 0.2) is 0 Å². The Balaban J connectivity index is 1.61. The van der Waals surface area contributed by atoms with Gasteiger partial charge in [0.05, 0.1) is 10.4 Å². The average Bonchev–Trinajstić information content (AvgIpc) is 2.68. The smallest absolute Gasteiger partial charge is 0.243 e. The van der Waals surface area contributed by atoms with Crippen LogP contribution in [0.1, 0.15) is 39.0 Å². The Morgan fingerprint density at radius 3 is 2.42 bits per heavy atom. The summed E-state index contributed by atoms with van der Waals surface area (Å²) in [4.78, 5) is 7.49. The molecule has 2 fully saturated rings. The van der Waals surface area contributed by atoms with Crippen LogP contribution in [0.15, 0.2) is 35.2 Å². The van der Waals surface area contributed by atoms with E-state index in [1.807, 2.05) is 18.2 Å². The largest absolute Gasteiger partial charge is 0.357 e. The number of aromatic nitrogens is 1. The standard InChI is InChI=1S/C20H27N3O2S/c1-16-9-13-22(14-10-16)20-8-5-17-15-18(6-7-19(17)21-20)26(24,25)23-11-3-2-4-12-23/h5-8,15-16H,2-4,9-14H2,1H3. The number of benzene rings is 1. The summed E-state index contributed by atoms with van der Waals surface area (Å²) in [6, 6.07) is 9.36. The number of fused-ring (bicyclic) bond motifs is 1. The van der Waals surface area contributed by atoms with E-state index in [2.05, 4.69) is 11.8 Å². The normalized spacial score (nSPS) is 20.6. The zero-order valence-corrected chi connectivity index (χ0v) is 16.2. The van der Waals surface area contributed by atoms with Gasteiger partial charge >= 0.3 is 0 Å². The highest BCUT2D eigenvalue weighted by atomic mass is 32.2. The Morgan fingerprint density at radius 1 is 0.962 bits per heavy atom. The van der Waals surface area contributed by atoms with E-state index in [1.54, 1.807) is 16.4 Å². The van der Waals surface area contributed by atoms with E-state index in [9.17, 15) is 8.42 Å². The Bertz CT molecular complexity index is 883. The van der Waals surface area contributed by atoms with Crippen molar-refractivity contribution in [3.63, 3.8) is 0 Å². The molecule has 2 aliphatic heterocycles. The second kappa shape index (κ2) is 7.16. The fourth-order valence-corrected chi connectivity index (χ4v) is 5.47. The number of rotatable bonds is 3. The minimum Gasteiger partial charge on any atom is -0.357 e. The molecule has 0 saturated carbocycles. The highest BCUT2D eigenvalue weighted by Gasteiger charge is 2.26. The third kappa shape index (κ3) is 3.45. The van der Waals surface area contributed by atoms with Crippen molar-refractivity contribution in [2.24, 2.45) is 5.92 Å². The molecular formula is C20H27N3O2S. The Kier molecular flexibility index (Phi) is 4.88. The van der Waals surface area contributed by atoms with Gasteiger partial charge in [0.2, 0.25) is 10.0 Å². The zero-order valence-electron chi connectivity index (χ0n) is 15.4. The highest BCUT2D eigenvalue weighted by molar-refractivity contribution is 7.89. The quantitative estimate of drug-likeness (QED) is 0.824. The summed E-state index contributed by atoms with van der Waals surface area (Å²) < 4.78 is 27.4. The molecule has 140 valence electrons. The van der Waals surface area contributed by atoms with Gasteiger partial charge in [0, 0.05) is 31.6 Å². The molecule has 2 aliphatic rings. The summed E-state index contributed by atoms with van der Waals surface area (Å²) >= 11 is 0. The van der Waals surface area contributed by atoms with Crippen LogP contribution in [0.3, 0.4) is 0 Å². The molecule has 0 amide bonds. The van der Waals surface area contributed by atoms with E-state index in [4.69, 9.17) is 4.98 Å². The van der Waals surface area contributed by atoms with Crippen LogP contribution < -0.4 is 4.90 Å². The lowest BCUT2D eigenvalue weighted by Crippen LogP contribution is -2.35. The molecule has 6 heteroatoms. The van der Waals surface area contributed by atoms with Crippen LogP contribution in [0.4, 0.5) is 5.82 Å². The van der Waals surface area contributed by atoms with E-state index >= 15 is 0 Å². The zero-order chi connectivity index (χ0) is 18.1. The summed E-state index contributed by atoms with van der Waals surface area (Å²) in [6.45, 7) is 5.65. The number of hydrogen-bond acceptors (Lipinski definition) is 4. The monoisotopic (exact) mass is 373 g/mol. The predicted octanol–water partition coefficient (Wildman–Crippen LogP) is 3.65. The minimum absolute atomic E-state index is 0.383. The molecule has 3 heterocycles. The molecule has 2 saturated heterocycles. The third-order valence-corrected chi connectivity index (χ3v) is 7.60. The summed E-state index contributed by atoms with van der Waals surface area (Å²) in [5.74, 6) is 1.78. The molecule has 1 aromatic heterocycles. The number of hydrogen-bond donors (Lipinski definition) is 0. The average molecular weight is 374 g/mol. The van der Waals surface area contributed by atoms with E-state index < -0.39 is 10.0 Å². The van der Waals surface area contributed by atoms with E-state index in [1.165, 1.54) is 12.8 Å². The molecule has 1 aromatic carbocycles. The maximum atomic E-state index is 12.9. The second-order valence-electron chi connectivity index (χ2n) is 7.66. The highest BCUT2D eigenvalue weighted by Crippen LogP contribution is 2.27. The van der Waals surface area contributed by atoms with Crippen molar-refractivity contribution < 1.29 is 8.42 Å². The van der Waals surface area contributed by atoms with Crippen LogP contribution in [0, 0.1) is 5.92 Å². The maximum absolute atomic E-state index is 12.9. The fraction of sp³-hybridized carbons (Fsp3) is 0.550. The first-order valence-electron chi connectivity index (χ1n) is 9.70. The van der Waals surface area contributed by atoms with Crippen LogP contribution in [-0.2, 0) is 10.0 Å². The predicted molar refractivity (Wildman–Crippen MR) is 105 cm³/mol. The van der Waals surface area contributed by atoms with Crippen LogP contribution in [0.2, 0.25) is 0 Å². The van der Waals surface area contributed by atoms with Crippen molar-refractivity contribution in [3.05, 3.63) is 30.3 Å². The van der Waals surface area contributed by atoms with Crippen LogP contribution in [0.5, 0.6) is 0 Å². The number of anilines is 1. The molecule has 5 nitrogen and oxygen atoms in total. The number of nitrogens with zero attached hydrogens (tertiary/aromatic N) is 3. The number of pyridine rings is 1. The lowest BCUT2D eigenvalue weighted by molar-refractivity contribution is 0.346. The van der Waals surface area contributed by atoms with Crippen molar-refractivity contribution in [3.8, 4) is 0 Å². The summed E-state index contributed by atoms with van der Waals surface area (Å²) in [6.07, 6.45) is 5.42. The van der Waals surface area contributed by atoms with Gasteiger partial charge < -0.3 is 4.90 Å². The Morgan fingerprint density at radius 2 is 1.69 bits per heavy atom. The first kappa shape index (κ1) is 17.7. The van der Waals surface area contributed by atoms with E-state index in [-0.39, 0.29) is 0 Å². The molecule has 0 aliphatic carbocycles. The molecule has 0 N–H and O–H groups in total. The van der Waals surface area contributed by atoms with Gasteiger partial charge in [-0.3, -0.25) is 0 Å². The lowest BCUT2D eigenvalue weighted by atomic mass is 9.99.